The molecule has 1 N–H and O–H groups in total. The van der Waals surface area contributed by atoms with Gasteiger partial charge in [-0.05, 0) is 36.7 Å². The van der Waals surface area contributed by atoms with Crippen LogP contribution in [0.4, 0.5) is 18.9 Å². The summed E-state index contributed by atoms with van der Waals surface area (Å²) in [6.07, 6.45) is -3.57. The van der Waals surface area contributed by atoms with E-state index in [0.29, 0.717) is 30.2 Å². The molecule has 1 aromatic rings. The van der Waals surface area contributed by atoms with E-state index < -0.39 is 12.7 Å². The molecule has 1 rings (SSSR count). The molecule has 0 unspecified atom stereocenters. The highest BCUT2D eigenvalue weighted by molar-refractivity contribution is 6.30. The Morgan fingerprint density at radius 2 is 1.95 bits per heavy atom. The third-order valence-corrected chi connectivity index (χ3v) is 3.05. The maximum absolute atomic E-state index is 12.7. The molecule has 0 fully saturated rings. The third kappa shape index (κ3) is 5.59. The highest BCUT2D eigenvalue weighted by Crippen LogP contribution is 2.28. The Hall–Kier alpha value is -0.940. The van der Waals surface area contributed by atoms with Crippen molar-refractivity contribution in [1.82, 2.24) is 5.32 Å². The summed E-state index contributed by atoms with van der Waals surface area (Å²) < 4.78 is 38.1. The first-order valence-corrected chi connectivity index (χ1v) is 7.06. The van der Waals surface area contributed by atoms with E-state index in [4.69, 9.17) is 11.6 Å². The third-order valence-electron chi connectivity index (χ3n) is 2.81. The van der Waals surface area contributed by atoms with Crippen molar-refractivity contribution in [3.05, 3.63) is 28.8 Å². The number of anilines is 1. The SMILES string of the molecule is CCCN(CC(F)(F)F)c1ccc(Cl)cc1CNCC. The number of halogens is 4. The Labute approximate surface area is 122 Å². The first kappa shape index (κ1) is 17.1. The number of hydrogen-bond donors (Lipinski definition) is 1. The van der Waals surface area contributed by atoms with Crippen LogP contribution in [-0.2, 0) is 6.54 Å². The van der Waals surface area contributed by atoms with Crippen molar-refractivity contribution in [2.75, 3.05) is 24.5 Å². The number of nitrogens with one attached hydrogen (secondary N) is 1. The lowest BCUT2D eigenvalue weighted by atomic mass is 10.1. The number of benzene rings is 1. The average molecular weight is 309 g/mol. The van der Waals surface area contributed by atoms with Gasteiger partial charge in [0.15, 0.2) is 0 Å². The zero-order valence-corrected chi connectivity index (χ0v) is 12.5. The molecule has 0 atom stereocenters. The van der Waals surface area contributed by atoms with Gasteiger partial charge in [0.05, 0.1) is 0 Å². The Bertz CT molecular complexity index is 421. The minimum Gasteiger partial charge on any atom is -0.362 e. The van der Waals surface area contributed by atoms with Crippen molar-refractivity contribution in [1.29, 1.82) is 0 Å². The van der Waals surface area contributed by atoms with Crippen molar-refractivity contribution in [2.45, 2.75) is 33.0 Å². The summed E-state index contributed by atoms with van der Waals surface area (Å²) in [6.45, 7) is 4.48. The molecule has 20 heavy (non-hydrogen) atoms. The van der Waals surface area contributed by atoms with Gasteiger partial charge in [0.25, 0.3) is 0 Å². The van der Waals surface area contributed by atoms with E-state index >= 15 is 0 Å². The maximum atomic E-state index is 12.7. The molecular weight excluding hydrogens is 289 g/mol. The predicted molar refractivity (Wildman–Crippen MR) is 77.4 cm³/mol. The summed E-state index contributed by atoms with van der Waals surface area (Å²) in [5.41, 5.74) is 1.38. The largest absolute Gasteiger partial charge is 0.405 e. The lowest BCUT2D eigenvalue weighted by Gasteiger charge is -2.28. The normalized spacial score (nSPS) is 11.7. The van der Waals surface area contributed by atoms with E-state index in [2.05, 4.69) is 5.32 Å². The van der Waals surface area contributed by atoms with Crippen LogP contribution < -0.4 is 10.2 Å². The van der Waals surface area contributed by atoms with Gasteiger partial charge in [-0.15, -0.1) is 0 Å². The molecule has 114 valence electrons. The van der Waals surface area contributed by atoms with Gasteiger partial charge in [-0.25, -0.2) is 0 Å². The van der Waals surface area contributed by atoms with Crippen molar-refractivity contribution in [3.8, 4) is 0 Å². The van der Waals surface area contributed by atoms with Crippen LogP contribution in [0.15, 0.2) is 18.2 Å². The molecule has 0 aliphatic carbocycles. The van der Waals surface area contributed by atoms with Crippen molar-refractivity contribution < 1.29 is 13.2 Å². The molecule has 0 aliphatic rings. The highest BCUT2D eigenvalue weighted by atomic mass is 35.5. The molecular formula is C14H20ClF3N2. The second-order valence-corrected chi connectivity index (χ2v) is 5.03. The number of hydrogen-bond acceptors (Lipinski definition) is 2. The van der Waals surface area contributed by atoms with E-state index in [0.717, 1.165) is 12.1 Å². The van der Waals surface area contributed by atoms with Gasteiger partial charge in [-0.1, -0.05) is 25.4 Å². The van der Waals surface area contributed by atoms with Crippen LogP contribution in [0.3, 0.4) is 0 Å². The van der Waals surface area contributed by atoms with Crippen molar-refractivity contribution in [2.24, 2.45) is 0 Å². The first-order valence-electron chi connectivity index (χ1n) is 6.68. The molecule has 0 saturated carbocycles. The topological polar surface area (TPSA) is 15.3 Å². The highest BCUT2D eigenvalue weighted by Gasteiger charge is 2.31. The van der Waals surface area contributed by atoms with Gasteiger partial charge >= 0.3 is 6.18 Å². The van der Waals surface area contributed by atoms with Crippen LogP contribution in [0.25, 0.3) is 0 Å². The Morgan fingerprint density at radius 1 is 1.25 bits per heavy atom. The van der Waals surface area contributed by atoms with Gasteiger partial charge in [0.1, 0.15) is 6.54 Å². The zero-order valence-electron chi connectivity index (χ0n) is 11.7. The van der Waals surface area contributed by atoms with Gasteiger partial charge < -0.3 is 10.2 Å². The van der Waals surface area contributed by atoms with E-state index in [9.17, 15) is 13.2 Å². The van der Waals surface area contributed by atoms with Gasteiger partial charge in [0.2, 0.25) is 0 Å². The first-order chi connectivity index (χ1) is 9.37. The summed E-state index contributed by atoms with van der Waals surface area (Å²) in [5.74, 6) is 0. The molecule has 0 spiro atoms. The molecule has 0 saturated heterocycles. The van der Waals surface area contributed by atoms with Crippen LogP contribution in [0.2, 0.25) is 5.02 Å². The van der Waals surface area contributed by atoms with Crippen LogP contribution >= 0.6 is 11.6 Å². The molecule has 0 aliphatic heterocycles. The summed E-state index contributed by atoms with van der Waals surface area (Å²) in [5, 5.41) is 3.66. The lowest BCUT2D eigenvalue weighted by molar-refractivity contribution is -0.119. The number of alkyl halides is 3. The second-order valence-electron chi connectivity index (χ2n) is 4.59. The summed E-state index contributed by atoms with van der Waals surface area (Å²) in [6, 6.07) is 5.01. The minimum atomic E-state index is -4.22. The standard InChI is InChI=1S/C14H20ClF3N2/c1-3-7-20(10-14(16,17)18)13-6-5-12(15)8-11(13)9-19-4-2/h5-6,8,19H,3-4,7,9-10H2,1-2H3. The molecule has 1 aromatic carbocycles. The summed E-state index contributed by atoms with van der Waals surface area (Å²) in [7, 11) is 0. The molecule has 0 bridgehead atoms. The van der Waals surface area contributed by atoms with Crippen LogP contribution in [0.1, 0.15) is 25.8 Å². The summed E-state index contributed by atoms with van der Waals surface area (Å²) in [4.78, 5) is 1.36. The zero-order chi connectivity index (χ0) is 15.2. The molecule has 6 heteroatoms. The monoisotopic (exact) mass is 308 g/mol. The fourth-order valence-electron chi connectivity index (χ4n) is 2.03. The van der Waals surface area contributed by atoms with E-state index in [1.54, 1.807) is 18.2 Å². The van der Waals surface area contributed by atoms with Crippen molar-refractivity contribution >= 4 is 17.3 Å². The smallest absolute Gasteiger partial charge is 0.362 e. The predicted octanol–water partition coefficient (Wildman–Crippen LogP) is 4.23. The fraction of sp³-hybridized carbons (Fsp3) is 0.571. The Morgan fingerprint density at radius 3 is 2.50 bits per heavy atom. The molecule has 0 aromatic heterocycles. The summed E-state index contributed by atoms with van der Waals surface area (Å²) >= 11 is 5.94. The molecule has 0 amide bonds. The fourth-order valence-corrected chi connectivity index (χ4v) is 2.23. The van der Waals surface area contributed by atoms with E-state index in [-0.39, 0.29) is 0 Å². The average Bonchev–Trinajstić information content (AvgIpc) is 2.34. The molecule has 2 nitrogen and oxygen atoms in total. The van der Waals surface area contributed by atoms with Gasteiger partial charge in [0, 0.05) is 23.8 Å². The Balaban J connectivity index is 3.04. The number of nitrogens with zero attached hydrogens (tertiary/aromatic N) is 1. The van der Waals surface area contributed by atoms with E-state index in [1.165, 1.54) is 4.90 Å². The van der Waals surface area contributed by atoms with Crippen LogP contribution in [0.5, 0.6) is 0 Å². The second kappa shape index (κ2) is 7.74. The van der Waals surface area contributed by atoms with E-state index in [1.807, 2.05) is 13.8 Å². The lowest BCUT2D eigenvalue weighted by Crippen LogP contribution is -2.35. The van der Waals surface area contributed by atoms with Crippen molar-refractivity contribution in [3.63, 3.8) is 0 Å². The molecule has 0 heterocycles. The van der Waals surface area contributed by atoms with Gasteiger partial charge in [-0.2, -0.15) is 13.2 Å². The quantitative estimate of drug-likeness (QED) is 0.811. The maximum Gasteiger partial charge on any atom is 0.405 e. The Kier molecular flexibility index (Phi) is 6.62. The molecule has 0 radical (unpaired) electrons. The van der Waals surface area contributed by atoms with Crippen LogP contribution in [-0.4, -0.2) is 25.8 Å². The van der Waals surface area contributed by atoms with Crippen LogP contribution in [0, 0.1) is 0 Å². The van der Waals surface area contributed by atoms with Gasteiger partial charge in [-0.3, -0.25) is 0 Å². The number of rotatable bonds is 7. The minimum absolute atomic E-state index is 0.361.